The van der Waals surface area contributed by atoms with Crippen LogP contribution in [0.1, 0.15) is 31.4 Å². The van der Waals surface area contributed by atoms with Crippen molar-refractivity contribution in [1.82, 2.24) is 9.47 Å². The maximum atomic E-state index is 13.3. The van der Waals surface area contributed by atoms with Gasteiger partial charge in [0.2, 0.25) is 0 Å². The lowest BCUT2D eigenvalue weighted by atomic mass is 10.1. The number of benzene rings is 1. The van der Waals surface area contributed by atoms with Crippen molar-refractivity contribution < 1.29 is 9.13 Å². The maximum absolute atomic E-state index is 13.3. The zero-order valence-electron chi connectivity index (χ0n) is 13.5. The van der Waals surface area contributed by atoms with E-state index in [9.17, 15) is 4.39 Å². The molecule has 4 heteroatoms. The minimum absolute atomic E-state index is 0.172. The Bertz CT molecular complexity index is 631. The fraction of sp³-hybridized carbons (Fsp3) is 0.556. The van der Waals surface area contributed by atoms with Crippen LogP contribution < -0.4 is 0 Å². The summed E-state index contributed by atoms with van der Waals surface area (Å²) in [6, 6.07) is 7.08. The van der Waals surface area contributed by atoms with Crippen LogP contribution in [0.5, 0.6) is 0 Å². The molecule has 0 amide bonds. The SMILES string of the molecule is CN(CCCC1CCCO1)Cc1cc2cc(F)ccc2n1C. The third-order valence-electron chi connectivity index (χ3n) is 4.63. The van der Waals surface area contributed by atoms with Crippen LogP contribution in [0.3, 0.4) is 0 Å². The lowest BCUT2D eigenvalue weighted by Crippen LogP contribution is -2.21. The molecule has 1 fully saturated rings. The Balaban J connectivity index is 1.56. The first-order chi connectivity index (χ1) is 10.6. The van der Waals surface area contributed by atoms with Crippen molar-refractivity contribution in [2.75, 3.05) is 20.2 Å². The molecule has 1 aliphatic rings. The molecule has 0 N–H and O–H groups in total. The van der Waals surface area contributed by atoms with Gasteiger partial charge in [-0.2, -0.15) is 0 Å². The third kappa shape index (κ3) is 3.50. The molecule has 1 aromatic heterocycles. The molecule has 3 nitrogen and oxygen atoms in total. The van der Waals surface area contributed by atoms with E-state index in [0.29, 0.717) is 6.10 Å². The Morgan fingerprint density at radius 2 is 2.23 bits per heavy atom. The zero-order chi connectivity index (χ0) is 15.5. The monoisotopic (exact) mass is 304 g/mol. The van der Waals surface area contributed by atoms with E-state index >= 15 is 0 Å². The molecule has 0 radical (unpaired) electrons. The number of hydrogen-bond donors (Lipinski definition) is 0. The molecule has 1 unspecified atom stereocenters. The van der Waals surface area contributed by atoms with Gasteiger partial charge in [0, 0.05) is 36.8 Å². The number of fused-ring (bicyclic) bond motifs is 1. The maximum Gasteiger partial charge on any atom is 0.123 e. The van der Waals surface area contributed by atoms with E-state index in [2.05, 4.69) is 29.6 Å². The number of rotatable bonds is 6. The topological polar surface area (TPSA) is 17.4 Å². The fourth-order valence-electron chi connectivity index (χ4n) is 3.35. The first-order valence-electron chi connectivity index (χ1n) is 8.17. The molecule has 0 aliphatic carbocycles. The van der Waals surface area contributed by atoms with Gasteiger partial charge in [-0.3, -0.25) is 0 Å². The van der Waals surface area contributed by atoms with Crippen LogP contribution in [0.4, 0.5) is 4.39 Å². The first kappa shape index (κ1) is 15.5. The van der Waals surface area contributed by atoms with Crippen molar-refractivity contribution in [3.05, 3.63) is 35.8 Å². The van der Waals surface area contributed by atoms with Gasteiger partial charge in [0.1, 0.15) is 5.82 Å². The van der Waals surface area contributed by atoms with Crippen LogP contribution in [0.15, 0.2) is 24.3 Å². The predicted molar refractivity (Wildman–Crippen MR) is 87.4 cm³/mol. The van der Waals surface area contributed by atoms with E-state index in [1.807, 2.05) is 6.07 Å². The van der Waals surface area contributed by atoms with Crippen LogP contribution in [0.25, 0.3) is 10.9 Å². The highest BCUT2D eigenvalue weighted by atomic mass is 19.1. The summed E-state index contributed by atoms with van der Waals surface area (Å²) in [4.78, 5) is 2.33. The summed E-state index contributed by atoms with van der Waals surface area (Å²) in [5, 5.41) is 0.977. The molecular weight excluding hydrogens is 279 g/mol. The summed E-state index contributed by atoms with van der Waals surface area (Å²) in [6.07, 6.45) is 5.24. The van der Waals surface area contributed by atoms with Crippen molar-refractivity contribution in [2.45, 2.75) is 38.3 Å². The van der Waals surface area contributed by atoms with Crippen LogP contribution in [0.2, 0.25) is 0 Å². The highest BCUT2D eigenvalue weighted by Crippen LogP contribution is 2.21. The van der Waals surface area contributed by atoms with E-state index in [-0.39, 0.29) is 5.82 Å². The standard InChI is InChI=1S/C18H25FN2O/c1-20(9-3-5-17-6-4-10-22-17)13-16-12-14-11-15(19)7-8-18(14)21(16)2/h7-8,11-12,17H,3-6,9-10,13H2,1-2H3. The van der Waals surface area contributed by atoms with E-state index in [0.717, 1.165) is 37.0 Å². The van der Waals surface area contributed by atoms with E-state index in [4.69, 9.17) is 4.74 Å². The first-order valence-corrected chi connectivity index (χ1v) is 8.17. The lowest BCUT2D eigenvalue weighted by Gasteiger charge is -2.18. The van der Waals surface area contributed by atoms with Gasteiger partial charge in [0.25, 0.3) is 0 Å². The number of halogens is 1. The molecule has 1 atom stereocenters. The summed E-state index contributed by atoms with van der Waals surface area (Å²) < 4.78 is 21.1. The molecule has 3 rings (SSSR count). The highest BCUT2D eigenvalue weighted by Gasteiger charge is 2.15. The second-order valence-corrected chi connectivity index (χ2v) is 6.41. The zero-order valence-corrected chi connectivity index (χ0v) is 13.5. The Morgan fingerprint density at radius 1 is 1.36 bits per heavy atom. The van der Waals surface area contributed by atoms with Crippen LogP contribution >= 0.6 is 0 Å². The summed E-state index contributed by atoms with van der Waals surface area (Å²) >= 11 is 0. The second kappa shape index (κ2) is 6.80. The largest absolute Gasteiger partial charge is 0.378 e. The number of aryl methyl sites for hydroxylation is 1. The molecule has 0 bridgehead atoms. The highest BCUT2D eigenvalue weighted by molar-refractivity contribution is 5.81. The van der Waals surface area contributed by atoms with Crippen LogP contribution in [-0.2, 0) is 18.3 Å². The van der Waals surface area contributed by atoms with Crippen molar-refractivity contribution in [3.8, 4) is 0 Å². The normalized spacial score (nSPS) is 18.6. The van der Waals surface area contributed by atoms with Gasteiger partial charge in [-0.05, 0) is 63.5 Å². The molecule has 1 aliphatic heterocycles. The fourth-order valence-corrected chi connectivity index (χ4v) is 3.35. The average Bonchev–Trinajstić information content (AvgIpc) is 3.08. The van der Waals surface area contributed by atoms with Gasteiger partial charge in [0.15, 0.2) is 0 Å². The number of aromatic nitrogens is 1. The summed E-state index contributed by atoms with van der Waals surface area (Å²) in [7, 11) is 4.20. The van der Waals surface area contributed by atoms with E-state index in [1.165, 1.54) is 31.0 Å². The predicted octanol–water partition coefficient (Wildman–Crippen LogP) is 3.71. The summed E-state index contributed by atoms with van der Waals surface area (Å²) in [5.41, 5.74) is 2.31. The van der Waals surface area contributed by atoms with Gasteiger partial charge in [-0.25, -0.2) is 4.39 Å². The molecule has 1 saturated heterocycles. The Morgan fingerprint density at radius 3 is 3.00 bits per heavy atom. The van der Waals surface area contributed by atoms with Gasteiger partial charge in [0.05, 0.1) is 6.10 Å². The number of ether oxygens (including phenoxy) is 1. The number of nitrogens with zero attached hydrogens (tertiary/aromatic N) is 2. The lowest BCUT2D eigenvalue weighted by molar-refractivity contribution is 0.0994. The van der Waals surface area contributed by atoms with Crippen molar-refractivity contribution in [2.24, 2.45) is 7.05 Å². The number of hydrogen-bond acceptors (Lipinski definition) is 2. The molecule has 0 saturated carbocycles. The quantitative estimate of drug-likeness (QED) is 0.809. The van der Waals surface area contributed by atoms with Crippen LogP contribution in [-0.4, -0.2) is 35.8 Å². The Labute approximate surface area is 131 Å². The van der Waals surface area contributed by atoms with Gasteiger partial charge in [-0.1, -0.05) is 0 Å². The van der Waals surface area contributed by atoms with Gasteiger partial charge < -0.3 is 14.2 Å². The second-order valence-electron chi connectivity index (χ2n) is 6.41. The van der Waals surface area contributed by atoms with Crippen molar-refractivity contribution in [3.63, 3.8) is 0 Å². The Hall–Kier alpha value is -1.39. The Kier molecular flexibility index (Phi) is 4.79. The van der Waals surface area contributed by atoms with Crippen molar-refractivity contribution in [1.29, 1.82) is 0 Å². The molecule has 2 heterocycles. The van der Waals surface area contributed by atoms with E-state index in [1.54, 1.807) is 6.07 Å². The van der Waals surface area contributed by atoms with E-state index < -0.39 is 0 Å². The van der Waals surface area contributed by atoms with Gasteiger partial charge >= 0.3 is 0 Å². The molecule has 2 aromatic rings. The van der Waals surface area contributed by atoms with Crippen molar-refractivity contribution >= 4 is 10.9 Å². The molecule has 0 spiro atoms. The average molecular weight is 304 g/mol. The minimum atomic E-state index is -0.172. The van der Waals surface area contributed by atoms with Crippen LogP contribution in [0, 0.1) is 5.82 Å². The smallest absolute Gasteiger partial charge is 0.123 e. The molecular formula is C18H25FN2O. The third-order valence-corrected chi connectivity index (χ3v) is 4.63. The minimum Gasteiger partial charge on any atom is -0.378 e. The molecule has 120 valence electrons. The van der Waals surface area contributed by atoms with Gasteiger partial charge in [-0.15, -0.1) is 0 Å². The summed E-state index contributed by atoms with van der Waals surface area (Å²) in [6.45, 7) is 2.89. The molecule has 22 heavy (non-hydrogen) atoms. The summed E-state index contributed by atoms with van der Waals surface area (Å²) in [5.74, 6) is -0.172. The molecule has 1 aromatic carbocycles.